The van der Waals surface area contributed by atoms with Gasteiger partial charge in [0.15, 0.2) is 0 Å². The molecule has 2 unspecified atom stereocenters. The molecule has 0 spiro atoms. The van der Waals surface area contributed by atoms with E-state index in [2.05, 4.69) is 26.0 Å². The molecule has 0 N–H and O–H groups in total. The van der Waals surface area contributed by atoms with Gasteiger partial charge in [0, 0.05) is 28.0 Å². The van der Waals surface area contributed by atoms with Gasteiger partial charge in [-0.25, -0.2) is 0 Å². The van der Waals surface area contributed by atoms with Gasteiger partial charge < -0.3 is 0 Å². The molecule has 76 valence electrons. The summed E-state index contributed by atoms with van der Waals surface area (Å²) in [6.45, 7) is 4.29. The van der Waals surface area contributed by atoms with Crippen LogP contribution in [0.4, 0.5) is 0 Å². The number of hydrogen-bond acceptors (Lipinski definition) is 2. The van der Waals surface area contributed by atoms with Crippen LogP contribution >= 0.6 is 11.3 Å². The third-order valence-corrected chi connectivity index (χ3v) is 4.52. The average molecular weight is 208 g/mol. The van der Waals surface area contributed by atoms with E-state index < -0.39 is 0 Å². The zero-order chi connectivity index (χ0) is 10.1. The van der Waals surface area contributed by atoms with Gasteiger partial charge in [-0.2, -0.15) is 0 Å². The monoisotopic (exact) mass is 208 g/mol. The number of carbonyl (C=O) groups is 1. The summed E-state index contributed by atoms with van der Waals surface area (Å²) in [5.41, 5.74) is 0. The van der Waals surface area contributed by atoms with Crippen LogP contribution in [-0.4, -0.2) is 5.78 Å². The second-order valence-electron chi connectivity index (χ2n) is 3.95. The third-order valence-electron chi connectivity index (χ3n) is 3.16. The molecule has 0 radical (unpaired) electrons. The Labute approximate surface area is 89.1 Å². The zero-order valence-electron chi connectivity index (χ0n) is 8.75. The summed E-state index contributed by atoms with van der Waals surface area (Å²) in [4.78, 5) is 14.2. The first-order valence-corrected chi connectivity index (χ1v) is 6.19. The molecule has 1 fully saturated rings. The second kappa shape index (κ2) is 3.85. The average Bonchev–Trinajstić information content (AvgIpc) is 2.62. The Kier molecular flexibility index (Phi) is 2.73. The van der Waals surface area contributed by atoms with Crippen LogP contribution in [0.25, 0.3) is 0 Å². The van der Waals surface area contributed by atoms with E-state index in [0.29, 0.717) is 17.6 Å². The van der Waals surface area contributed by atoms with Gasteiger partial charge in [-0.3, -0.25) is 4.79 Å². The molecule has 1 heterocycles. The lowest BCUT2D eigenvalue weighted by atomic mass is 9.70. The number of rotatable bonds is 3. The lowest BCUT2D eigenvalue weighted by Crippen LogP contribution is -2.34. The fourth-order valence-corrected chi connectivity index (χ4v) is 3.29. The van der Waals surface area contributed by atoms with E-state index in [1.54, 1.807) is 0 Å². The summed E-state index contributed by atoms with van der Waals surface area (Å²) in [6, 6.07) is 4.42. The predicted octanol–water partition coefficient (Wildman–Crippen LogP) is 3.39. The van der Waals surface area contributed by atoms with Crippen molar-refractivity contribution in [1.82, 2.24) is 0 Å². The molecule has 1 nitrogen and oxygen atoms in total. The van der Waals surface area contributed by atoms with E-state index in [0.717, 1.165) is 19.3 Å². The molecule has 0 amide bonds. The number of aryl methyl sites for hydroxylation is 1. The van der Waals surface area contributed by atoms with Crippen LogP contribution in [0.15, 0.2) is 12.1 Å². The highest BCUT2D eigenvalue weighted by atomic mass is 32.1. The summed E-state index contributed by atoms with van der Waals surface area (Å²) >= 11 is 1.89. The summed E-state index contributed by atoms with van der Waals surface area (Å²) in [7, 11) is 0. The molecule has 1 saturated carbocycles. The van der Waals surface area contributed by atoms with Crippen molar-refractivity contribution in [3.63, 3.8) is 0 Å². The summed E-state index contributed by atoms with van der Waals surface area (Å²) in [5, 5.41) is 0. The quantitative estimate of drug-likeness (QED) is 0.744. The van der Waals surface area contributed by atoms with Crippen LogP contribution < -0.4 is 0 Å². The number of thiophene rings is 1. The number of Topliss-reactive ketones (excluding diaryl/α,β-unsaturated/α-hetero) is 1. The highest BCUT2D eigenvalue weighted by Gasteiger charge is 2.39. The van der Waals surface area contributed by atoms with E-state index >= 15 is 0 Å². The summed E-state index contributed by atoms with van der Waals surface area (Å²) in [5.74, 6) is 1.32. The maximum Gasteiger partial charge on any atom is 0.137 e. The lowest BCUT2D eigenvalue weighted by Gasteiger charge is -2.33. The van der Waals surface area contributed by atoms with Gasteiger partial charge in [-0.1, -0.05) is 13.8 Å². The predicted molar refractivity (Wildman–Crippen MR) is 59.8 cm³/mol. The number of ketones is 1. The molecule has 0 aliphatic heterocycles. The van der Waals surface area contributed by atoms with Crippen molar-refractivity contribution < 1.29 is 4.79 Å². The maximum atomic E-state index is 11.3. The summed E-state index contributed by atoms with van der Waals surface area (Å²) in [6.07, 6.45) is 2.90. The van der Waals surface area contributed by atoms with Gasteiger partial charge in [0.25, 0.3) is 0 Å². The zero-order valence-corrected chi connectivity index (χ0v) is 9.56. The lowest BCUT2D eigenvalue weighted by molar-refractivity contribution is -0.130. The molecule has 2 atom stereocenters. The molecule has 0 saturated heterocycles. The van der Waals surface area contributed by atoms with Crippen molar-refractivity contribution in [2.24, 2.45) is 5.92 Å². The van der Waals surface area contributed by atoms with Gasteiger partial charge in [-0.15, -0.1) is 11.3 Å². The molecule has 14 heavy (non-hydrogen) atoms. The Bertz CT molecular complexity index is 340. The van der Waals surface area contributed by atoms with Crippen molar-refractivity contribution in [3.8, 4) is 0 Å². The minimum absolute atomic E-state index is 0.318. The first-order valence-electron chi connectivity index (χ1n) is 5.37. The Morgan fingerprint density at radius 2 is 2.21 bits per heavy atom. The normalized spacial score (nSPS) is 26.3. The minimum atomic E-state index is 0.318. The van der Waals surface area contributed by atoms with E-state index in [9.17, 15) is 4.79 Å². The Morgan fingerprint density at radius 1 is 1.43 bits per heavy atom. The standard InChI is InChI=1S/C12H16OS/c1-3-8-5-6-12(14-8)10-7-11(13)9(10)4-2/h5-6,9-10H,3-4,7H2,1-2H3. The highest BCUT2D eigenvalue weighted by molar-refractivity contribution is 7.12. The minimum Gasteiger partial charge on any atom is -0.299 e. The van der Waals surface area contributed by atoms with Gasteiger partial charge in [0.1, 0.15) is 5.78 Å². The van der Waals surface area contributed by atoms with Crippen LogP contribution in [0.3, 0.4) is 0 Å². The van der Waals surface area contributed by atoms with Crippen LogP contribution in [-0.2, 0) is 11.2 Å². The van der Waals surface area contributed by atoms with Crippen LogP contribution in [0.2, 0.25) is 0 Å². The second-order valence-corrected chi connectivity index (χ2v) is 5.15. The SMILES string of the molecule is CCc1ccc(C2CC(=O)C2CC)s1. The van der Waals surface area contributed by atoms with E-state index in [1.807, 2.05) is 11.3 Å². The van der Waals surface area contributed by atoms with Crippen LogP contribution in [0.1, 0.15) is 42.4 Å². The highest BCUT2D eigenvalue weighted by Crippen LogP contribution is 2.43. The summed E-state index contributed by atoms with van der Waals surface area (Å²) < 4.78 is 0. The maximum absolute atomic E-state index is 11.3. The number of carbonyl (C=O) groups excluding carboxylic acids is 1. The Hall–Kier alpha value is -0.630. The number of hydrogen-bond donors (Lipinski definition) is 0. The van der Waals surface area contributed by atoms with Gasteiger partial charge in [-0.05, 0) is 25.0 Å². The van der Waals surface area contributed by atoms with Crippen molar-refractivity contribution in [3.05, 3.63) is 21.9 Å². The van der Waals surface area contributed by atoms with Crippen LogP contribution in [0.5, 0.6) is 0 Å². The molecule has 1 aliphatic rings. The Morgan fingerprint density at radius 3 is 2.71 bits per heavy atom. The van der Waals surface area contributed by atoms with E-state index in [-0.39, 0.29) is 0 Å². The Balaban J connectivity index is 2.12. The first kappa shape index (κ1) is 9.91. The molecule has 2 heteroatoms. The van der Waals surface area contributed by atoms with Gasteiger partial charge in [0.2, 0.25) is 0 Å². The molecule has 0 bridgehead atoms. The smallest absolute Gasteiger partial charge is 0.137 e. The largest absolute Gasteiger partial charge is 0.299 e. The van der Waals surface area contributed by atoms with Gasteiger partial charge >= 0.3 is 0 Å². The van der Waals surface area contributed by atoms with Crippen LogP contribution in [0, 0.1) is 5.92 Å². The van der Waals surface area contributed by atoms with Gasteiger partial charge in [0.05, 0.1) is 0 Å². The topological polar surface area (TPSA) is 17.1 Å². The molecule has 0 aromatic carbocycles. The molecule has 1 aliphatic carbocycles. The van der Waals surface area contributed by atoms with Crippen molar-refractivity contribution in [1.29, 1.82) is 0 Å². The fourth-order valence-electron chi connectivity index (χ4n) is 2.17. The fraction of sp³-hybridized carbons (Fsp3) is 0.583. The molecular formula is C12H16OS. The van der Waals surface area contributed by atoms with E-state index in [1.165, 1.54) is 9.75 Å². The molecule has 2 rings (SSSR count). The van der Waals surface area contributed by atoms with Crippen molar-refractivity contribution in [2.75, 3.05) is 0 Å². The van der Waals surface area contributed by atoms with Crippen molar-refractivity contribution >= 4 is 17.1 Å². The first-order chi connectivity index (χ1) is 6.76. The van der Waals surface area contributed by atoms with Crippen molar-refractivity contribution in [2.45, 2.75) is 39.0 Å². The molecular weight excluding hydrogens is 192 g/mol. The van der Waals surface area contributed by atoms with E-state index in [4.69, 9.17) is 0 Å². The molecule has 1 aromatic rings. The third kappa shape index (κ3) is 1.52. The molecule has 1 aromatic heterocycles.